The molecule has 3 aromatic rings. The number of anilines is 1. The molecule has 0 fully saturated rings. The fraction of sp³-hybridized carbons (Fsp3) is 0.263. The molecule has 0 aliphatic carbocycles. The summed E-state index contributed by atoms with van der Waals surface area (Å²) in [5, 5.41) is 0.591. The maximum absolute atomic E-state index is 13.5. The predicted molar refractivity (Wildman–Crippen MR) is 108 cm³/mol. The van der Waals surface area contributed by atoms with Crippen LogP contribution in [-0.4, -0.2) is 43.0 Å². The first-order valence-corrected chi connectivity index (χ1v) is 8.85. The summed E-state index contributed by atoms with van der Waals surface area (Å²) in [7, 11) is 3.92. The molecule has 0 unspecified atom stereocenters. The van der Waals surface area contributed by atoms with E-state index in [4.69, 9.17) is 0 Å². The Morgan fingerprint density at radius 2 is 1.81 bits per heavy atom. The summed E-state index contributed by atoms with van der Waals surface area (Å²) >= 11 is 1.33. The Bertz CT molecular complexity index is 895. The predicted octanol–water partition coefficient (Wildman–Crippen LogP) is 4.37. The summed E-state index contributed by atoms with van der Waals surface area (Å²) in [5.74, 6) is -0.395. The number of carbonyl (C=O) groups excluding carboxylic acids is 1. The van der Waals surface area contributed by atoms with E-state index in [0.717, 1.165) is 10.3 Å². The van der Waals surface area contributed by atoms with E-state index >= 15 is 0 Å². The summed E-state index contributed by atoms with van der Waals surface area (Å²) in [4.78, 5) is 21.2. The van der Waals surface area contributed by atoms with Gasteiger partial charge in [0.2, 0.25) is 0 Å². The van der Waals surface area contributed by atoms with Gasteiger partial charge in [-0.05, 0) is 51.4 Å². The molecule has 1 amide bonds. The van der Waals surface area contributed by atoms with Gasteiger partial charge in [-0.15, -0.1) is 12.4 Å². The molecule has 0 saturated carbocycles. The second kappa shape index (κ2) is 8.58. The summed E-state index contributed by atoms with van der Waals surface area (Å²) in [6.45, 7) is 3.21. The molecule has 0 radical (unpaired) electrons. The highest BCUT2D eigenvalue weighted by atomic mass is 35.5. The SMILES string of the molecule is Cc1ccc(C(=O)N(CCN(C)C)c2nc3ccc(F)cc3s2)cc1.Cl. The van der Waals surface area contributed by atoms with Crippen molar-refractivity contribution in [1.82, 2.24) is 9.88 Å². The van der Waals surface area contributed by atoms with Crippen molar-refractivity contribution in [3.63, 3.8) is 0 Å². The number of halogens is 2. The molecule has 0 aliphatic heterocycles. The van der Waals surface area contributed by atoms with Crippen LogP contribution in [0.5, 0.6) is 0 Å². The van der Waals surface area contributed by atoms with E-state index in [1.165, 1.54) is 23.5 Å². The van der Waals surface area contributed by atoms with Gasteiger partial charge in [-0.3, -0.25) is 9.69 Å². The van der Waals surface area contributed by atoms with Crippen molar-refractivity contribution in [3.8, 4) is 0 Å². The molecular weight excluding hydrogens is 373 g/mol. The third kappa shape index (κ3) is 4.58. The number of nitrogens with zero attached hydrogens (tertiary/aromatic N) is 3. The molecule has 0 aliphatic rings. The topological polar surface area (TPSA) is 36.4 Å². The molecule has 138 valence electrons. The number of likely N-dealkylation sites (N-methyl/N-ethyl adjacent to an activating group) is 1. The van der Waals surface area contributed by atoms with Crippen LogP contribution in [0.25, 0.3) is 10.2 Å². The molecule has 0 saturated heterocycles. The molecule has 0 N–H and O–H groups in total. The quantitative estimate of drug-likeness (QED) is 0.645. The van der Waals surface area contributed by atoms with Crippen LogP contribution in [0.3, 0.4) is 0 Å². The molecule has 1 heterocycles. The van der Waals surface area contributed by atoms with Gasteiger partial charge >= 0.3 is 0 Å². The Balaban J connectivity index is 0.00000243. The molecule has 0 bridgehead atoms. The van der Waals surface area contributed by atoms with Crippen LogP contribution in [0.1, 0.15) is 15.9 Å². The standard InChI is InChI=1S/C19H20FN3OS.ClH/c1-13-4-6-14(7-5-13)18(24)23(11-10-22(2)3)19-21-16-9-8-15(20)12-17(16)25-19;/h4-9,12H,10-11H2,1-3H3;1H. The van der Waals surface area contributed by atoms with Crippen molar-refractivity contribution in [2.45, 2.75) is 6.92 Å². The molecular formula is C19H21ClFN3OS. The Hall–Kier alpha value is -2.02. The smallest absolute Gasteiger partial charge is 0.260 e. The summed E-state index contributed by atoms with van der Waals surface area (Å²) in [5.41, 5.74) is 2.43. The van der Waals surface area contributed by atoms with Crippen LogP contribution < -0.4 is 4.90 Å². The summed E-state index contributed by atoms with van der Waals surface area (Å²) in [6.07, 6.45) is 0. The lowest BCUT2D eigenvalue weighted by atomic mass is 10.1. The number of hydrogen-bond donors (Lipinski definition) is 0. The first-order chi connectivity index (χ1) is 11.9. The Labute approximate surface area is 162 Å². The summed E-state index contributed by atoms with van der Waals surface area (Å²) < 4.78 is 14.2. The van der Waals surface area contributed by atoms with Gasteiger partial charge in [0.15, 0.2) is 5.13 Å². The molecule has 3 rings (SSSR count). The zero-order chi connectivity index (χ0) is 18.0. The Morgan fingerprint density at radius 3 is 2.46 bits per heavy atom. The van der Waals surface area contributed by atoms with Crippen molar-refractivity contribution < 1.29 is 9.18 Å². The molecule has 0 atom stereocenters. The van der Waals surface area contributed by atoms with Gasteiger partial charge in [-0.1, -0.05) is 29.0 Å². The monoisotopic (exact) mass is 393 g/mol. The molecule has 26 heavy (non-hydrogen) atoms. The van der Waals surface area contributed by atoms with Crippen LogP contribution in [0.15, 0.2) is 42.5 Å². The van der Waals surface area contributed by atoms with E-state index in [-0.39, 0.29) is 24.1 Å². The lowest BCUT2D eigenvalue weighted by Gasteiger charge is -2.22. The highest BCUT2D eigenvalue weighted by molar-refractivity contribution is 7.22. The molecule has 7 heteroatoms. The number of amides is 1. The number of hydrogen-bond acceptors (Lipinski definition) is 4. The van der Waals surface area contributed by atoms with Crippen LogP contribution >= 0.6 is 23.7 Å². The van der Waals surface area contributed by atoms with Crippen molar-refractivity contribution in [2.24, 2.45) is 0 Å². The second-order valence-corrected chi connectivity index (χ2v) is 7.24. The van der Waals surface area contributed by atoms with Gasteiger partial charge in [0.05, 0.1) is 10.2 Å². The normalized spacial score (nSPS) is 10.8. The second-order valence-electron chi connectivity index (χ2n) is 6.23. The Morgan fingerprint density at radius 1 is 1.12 bits per heavy atom. The zero-order valence-corrected chi connectivity index (χ0v) is 16.5. The minimum absolute atomic E-state index is 0. The van der Waals surface area contributed by atoms with Gasteiger partial charge in [-0.2, -0.15) is 0 Å². The largest absolute Gasteiger partial charge is 0.308 e. The van der Waals surface area contributed by atoms with E-state index < -0.39 is 0 Å². The van der Waals surface area contributed by atoms with E-state index in [0.29, 0.717) is 29.3 Å². The average Bonchev–Trinajstić information content (AvgIpc) is 2.98. The lowest BCUT2D eigenvalue weighted by molar-refractivity contribution is 0.0985. The number of benzene rings is 2. The fourth-order valence-electron chi connectivity index (χ4n) is 2.44. The third-order valence-electron chi connectivity index (χ3n) is 3.88. The number of fused-ring (bicyclic) bond motifs is 1. The summed E-state index contributed by atoms with van der Waals surface area (Å²) in [6, 6.07) is 12.0. The molecule has 2 aromatic carbocycles. The minimum atomic E-state index is -0.299. The first kappa shape index (κ1) is 20.3. The minimum Gasteiger partial charge on any atom is -0.308 e. The maximum atomic E-state index is 13.5. The van der Waals surface area contributed by atoms with Gasteiger partial charge in [0, 0.05) is 18.7 Å². The maximum Gasteiger partial charge on any atom is 0.260 e. The molecule has 4 nitrogen and oxygen atoms in total. The fourth-order valence-corrected chi connectivity index (χ4v) is 3.45. The lowest BCUT2D eigenvalue weighted by Crippen LogP contribution is -2.36. The van der Waals surface area contributed by atoms with Gasteiger partial charge in [0.1, 0.15) is 5.82 Å². The van der Waals surface area contributed by atoms with E-state index in [9.17, 15) is 9.18 Å². The zero-order valence-electron chi connectivity index (χ0n) is 14.9. The van der Waals surface area contributed by atoms with Crippen molar-refractivity contribution >= 4 is 45.0 Å². The molecule has 1 aromatic heterocycles. The Kier molecular flexibility index (Phi) is 6.69. The highest BCUT2D eigenvalue weighted by Crippen LogP contribution is 2.30. The van der Waals surface area contributed by atoms with E-state index in [2.05, 4.69) is 4.98 Å². The van der Waals surface area contributed by atoms with E-state index in [1.54, 1.807) is 11.0 Å². The van der Waals surface area contributed by atoms with Crippen LogP contribution in [0.2, 0.25) is 0 Å². The van der Waals surface area contributed by atoms with E-state index in [1.807, 2.05) is 50.2 Å². The van der Waals surface area contributed by atoms with Gasteiger partial charge in [0.25, 0.3) is 5.91 Å². The number of aryl methyl sites for hydroxylation is 1. The number of thiazole rings is 1. The van der Waals surface area contributed by atoms with Crippen molar-refractivity contribution in [3.05, 3.63) is 59.4 Å². The van der Waals surface area contributed by atoms with Crippen molar-refractivity contribution in [2.75, 3.05) is 32.1 Å². The number of rotatable bonds is 5. The van der Waals surface area contributed by atoms with Gasteiger partial charge in [-0.25, -0.2) is 9.37 Å². The highest BCUT2D eigenvalue weighted by Gasteiger charge is 2.21. The van der Waals surface area contributed by atoms with Gasteiger partial charge < -0.3 is 4.90 Å². The average molecular weight is 394 g/mol. The van der Waals surface area contributed by atoms with Crippen LogP contribution in [0, 0.1) is 12.7 Å². The number of aromatic nitrogens is 1. The van der Waals surface area contributed by atoms with Crippen molar-refractivity contribution in [1.29, 1.82) is 0 Å². The first-order valence-electron chi connectivity index (χ1n) is 8.03. The van der Waals surface area contributed by atoms with Crippen LogP contribution in [-0.2, 0) is 0 Å². The van der Waals surface area contributed by atoms with Crippen LogP contribution in [0.4, 0.5) is 9.52 Å². The molecule has 0 spiro atoms. The third-order valence-corrected chi connectivity index (χ3v) is 4.93. The number of carbonyl (C=O) groups is 1.